The predicted octanol–water partition coefficient (Wildman–Crippen LogP) is 3.90. The monoisotopic (exact) mass is 298 g/mol. The molecule has 0 aliphatic heterocycles. The largest absolute Gasteiger partial charge is 0.365 e. The Labute approximate surface area is 129 Å². The summed E-state index contributed by atoms with van der Waals surface area (Å²) in [5.41, 5.74) is 1.22. The summed E-state index contributed by atoms with van der Waals surface area (Å²) in [6.07, 6.45) is 0. The first kappa shape index (κ1) is 18.4. The molecule has 4 heteroatoms. The van der Waals surface area contributed by atoms with E-state index in [0.717, 1.165) is 0 Å². The Balaban J connectivity index is 0.000000399. The molecular formula is C15H26N2S2. The lowest BCUT2D eigenvalue weighted by Crippen LogP contribution is -2.21. The van der Waals surface area contributed by atoms with E-state index in [-0.39, 0.29) is 6.04 Å². The summed E-state index contributed by atoms with van der Waals surface area (Å²) in [6.45, 7) is 12.2. The van der Waals surface area contributed by atoms with Crippen molar-refractivity contribution in [1.29, 1.82) is 0 Å². The molecule has 0 bridgehead atoms. The fourth-order valence-corrected chi connectivity index (χ4v) is 2.05. The van der Waals surface area contributed by atoms with Crippen LogP contribution in [-0.4, -0.2) is 28.9 Å². The minimum absolute atomic E-state index is 0.233. The second-order valence-corrected chi connectivity index (χ2v) is 5.36. The quantitative estimate of drug-likeness (QED) is 0.633. The molecule has 0 unspecified atom stereocenters. The van der Waals surface area contributed by atoms with Crippen LogP contribution in [0.1, 0.15) is 39.3 Å². The third-order valence-electron chi connectivity index (χ3n) is 2.98. The van der Waals surface area contributed by atoms with E-state index in [1.54, 1.807) is 0 Å². The van der Waals surface area contributed by atoms with Crippen LogP contribution in [0.3, 0.4) is 0 Å². The summed E-state index contributed by atoms with van der Waals surface area (Å²) in [5, 5.41) is 3.05. The van der Waals surface area contributed by atoms with Gasteiger partial charge in [0.2, 0.25) is 0 Å². The van der Waals surface area contributed by atoms with Gasteiger partial charge in [-0.2, -0.15) is 0 Å². The summed E-state index contributed by atoms with van der Waals surface area (Å²) in [4.78, 5) is 2.38. The first-order valence-electron chi connectivity index (χ1n) is 6.81. The third kappa shape index (κ3) is 9.03. The average Bonchev–Trinajstić information content (AvgIpc) is 2.42. The lowest BCUT2D eigenvalue weighted by atomic mass is 10.1. The molecule has 1 aromatic rings. The molecule has 0 fully saturated rings. The highest BCUT2D eigenvalue weighted by atomic mass is 32.1. The summed E-state index contributed by atoms with van der Waals surface area (Å²) in [6, 6.07) is 10.4. The van der Waals surface area contributed by atoms with E-state index >= 15 is 0 Å². The van der Waals surface area contributed by atoms with Crippen molar-refractivity contribution in [2.45, 2.75) is 33.7 Å². The van der Waals surface area contributed by atoms with Crippen molar-refractivity contribution < 1.29 is 0 Å². The van der Waals surface area contributed by atoms with Gasteiger partial charge in [-0.15, -0.1) is 12.6 Å². The van der Waals surface area contributed by atoms with Crippen LogP contribution in [0.25, 0.3) is 0 Å². The molecule has 0 spiro atoms. The normalized spacial score (nSPS) is 11.5. The molecule has 1 N–H and O–H groups in total. The fourth-order valence-electron chi connectivity index (χ4n) is 1.68. The molecule has 0 saturated carbocycles. The Morgan fingerprint density at radius 1 is 1.16 bits per heavy atom. The maximum absolute atomic E-state index is 4.82. The van der Waals surface area contributed by atoms with Crippen molar-refractivity contribution >= 4 is 29.2 Å². The highest BCUT2D eigenvalue weighted by Crippen LogP contribution is 2.11. The summed E-state index contributed by atoms with van der Waals surface area (Å²) < 4.78 is 0.534. The Kier molecular flexibility index (Phi) is 10.9. The van der Waals surface area contributed by atoms with Crippen LogP contribution in [0, 0.1) is 0 Å². The van der Waals surface area contributed by atoms with Crippen LogP contribution < -0.4 is 5.32 Å². The van der Waals surface area contributed by atoms with Gasteiger partial charge < -0.3 is 10.2 Å². The number of hydrogen-bond donors (Lipinski definition) is 2. The molecule has 0 aliphatic rings. The number of hydrogen-bond acceptors (Lipinski definition) is 2. The van der Waals surface area contributed by atoms with Crippen molar-refractivity contribution in [3.8, 4) is 0 Å². The minimum atomic E-state index is 0.233. The zero-order valence-corrected chi connectivity index (χ0v) is 14.1. The highest BCUT2D eigenvalue weighted by molar-refractivity contribution is 8.11. The topological polar surface area (TPSA) is 15.3 Å². The summed E-state index contributed by atoms with van der Waals surface area (Å²) in [7, 11) is 0. The Morgan fingerprint density at radius 2 is 1.63 bits per heavy atom. The predicted molar refractivity (Wildman–Crippen MR) is 93.0 cm³/mol. The molecule has 0 heterocycles. The number of rotatable bonds is 5. The number of thiocarbonyl (C=S) groups is 1. The van der Waals surface area contributed by atoms with Gasteiger partial charge in [-0.05, 0) is 32.1 Å². The molecule has 0 aliphatic carbocycles. The van der Waals surface area contributed by atoms with E-state index < -0.39 is 0 Å². The number of nitrogens with one attached hydrogen (secondary N) is 1. The maximum atomic E-state index is 4.82. The molecule has 19 heavy (non-hydrogen) atoms. The summed E-state index contributed by atoms with van der Waals surface area (Å²) in [5.74, 6) is 0. The highest BCUT2D eigenvalue weighted by Gasteiger charge is 2.02. The van der Waals surface area contributed by atoms with E-state index in [0.29, 0.717) is 4.32 Å². The van der Waals surface area contributed by atoms with E-state index in [9.17, 15) is 0 Å². The van der Waals surface area contributed by atoms with Crippen molar-refractivity contribution in [1.82, 2.24) is 10.2 Å². The van der Waals surface area contributed by atoms with Gasteiger partial charge in [-0.25, -0.2) is 0 Å². The molecule has 1 atom stereocenters. The van der Waals surface area contributed by atoms with Gasteiger partial charge in [0, 0.05) is 6.04 Å². The Morgan fingerprint density at radius 3 is 1.95 bits per heavy atom. The Bertz CT molecular complexity index is 332. The second-order valence-electron chi connectivity index (χ2n) is 4.20. The fraction of sp³-hybridized carbons (Fsp3) is 0.533. The van der Waals surface area contributed by atoms with Crippen LogP contribution in [-0.2, 0) is 0 Å². The lowest BCUT2D eigenvalue weighted by Gasteiger charge is -2.13. The number of benzene rings is 1. The zero-order valence-electron chi connectivity index (χ0n) is 12.4. The molecular weight excluding hydrogens is 272 g/mol. The van der Waals surface area contributed by atoms with Crippen molar-refractivity contribution in [3.05, 3.63) is 35.9 Å². The first-order chi connectivity index (χ1) is 9.04. The van der Waals surface area contributed by atoms with Crippen molar-refractivity contribution in [2.24, 2.45) is 0 Å². The van der Waals surface area contributed by atoms with Gasteiger partial charge in [0.05, 0.1) is 0 Å². The second kappa shape index (κ2) is 11.3. The molecule has 2 nitrogen and oxygen atoms in total. The van der Waals surface area contributed by atoms with E-state index in [1.165, 1.54) is 25.2 Å². The van der Waals surface area contributed by atoms with Crippen LogP contribution in [0.2, 0.25) is 0 Å². The lowest BCUT2D eigenvalue weighted by molar-refractivity contribution is 0.321. The van der Waals surface area contributed by atoms with Crippen LogP contribution in [0.4, 0.5) is 0 Å². The number of nitrogens with zero attached hydrogens (tertiary/aromatic N) is 1. The van der Waals surface area contributed by atoms with Crippen LogP contribution in [0.5, 0.6) is 0 Å². The van der Waals surface area contributed by atoms with Crippen molar-refractivity contribution in [3.63, 3.8) is 0 Å². The molecule has 108 valence electrons. The van der Waals surface area contributed by atoms with Crippen LogP contribution >= 0.6 is 24.8 Å². The van der Waals surface area contributed by atoms with Gasteiger partial charge in [-0.1, -0.05) is 63.3 Å². The zero-order chi connectivity index (χ0) is 14.7. The van der Waals surface area contributed by atoms with Crippen LogP contribution in [0.15, 0.2) is 30.3 Å². The van der Waals surface area contributed by atoms with Crippen molar-refractivity contribution in [2.75, 3.05) is 19.6 Å². The van der Waals surface area contributed by atoms with E-state index in [4.69, 9.17) is 12.2 Å². The van der Waals surface area contributed by atoms with E-state index in [2.05, 4.69) is 62.7 Å². The standard InChI is InChI=1S/C9H11NS2.C6H15N/c1-7(10-9(11)12)8-5-3-2-4-6-8;1-4-7(5-2)6-3/h2-7H,1H3,(H2,10,11,12);4-6H2,1-3H3/t7-;/m0./s1. The number of thiol groups is 1. The molecule has 0 aromatic heterocycles. The Hall–Kier alpha value is -0.580. The minimum Gasteiger partial charge on any atom is -0.365 e. The molecule has 0 radical (unpaired) electrons. The van der Waals surface area contributed by atoms with E-state index in [1.807, 2.05) is 18.2 Å². The molecule has 1 aromatic carbocycles. The third-order valence-corrected chi connectivity index (χ3v) is 3.23. The molecule has 0 saturated heterocycles. The first-order valence-corrected chi connectivity index (χ1v) is 7.67. The van der Waals surface area contributed by atoms with Gasteiger partial charge in [0.1, 0.15) is 4.32 Å². The smallest absolute Gasteiger partial charge is 0.131 e. The maximum Gasteiger partial charge on any atom is 0.131 e. The van der Waals surface area contributed by atoms with Gasteiger partial charge in [-0.3, -0.25) is 0 Å². The van der Waals surface area contributed by atoms with Gasteiger partial charge >= 0.3 is 0 Å². The molecule has 0 amide bonds. The SMILES string of the molecule is CCN(CC)CC.C[C@H](NC(=S)S)c1ccccc1. The van der Waals surface area contributed by atoms with Gasteiger partial charge in [0.25, 0.3) is 0 Å². The summed E-state index contributed by atoms with van der Waals surface area (Å²) >= 11 is 8.83. The average molecular weight is 299 g/mol. The van der Waals surface area contributed by atoms with Gasteiger partial charge in [0.15, 0.2) is 0 Å². The molecule has 1 rings (SSSR count).